The minimum absolute atomic E-state index is 0.100. The minimum Gasteiger partial charge on any atom is -0.496 e. The summed E-state index contributed by atoms with van der Waals surface area (Å²) in [5.74, 6) is -1.67. The van der Waals surface area contributed by atoms with Gasteiger partial charge in [0.1, 0.15) is 11.2 Å². The molecule has 2 saturated heterocycles. The van der Waals surface area contributed by atoms with Gasteiger partial charge in [-0.25, -0.2) is 4.79 Å². The predicted octanol–water partition coefficient (Wildman–Crippen LogP) is 3.30. The van der Waals surface area contributed by atoms with Crippen molar-refractivity contribution in [2.75, 3.05) is 58.9 Å². The Bertz CT molecular complexity index is 2240. The van der Waals surface area contributed by atoms with Crippen LogP contribution in [0.3, 0.4) is 0 Å². The maximum Gasteiger partial charge on any atom is 0.344 e. The number of ether oxygens (including phenoxy) is 3. The highest BCUT2D eigenvalue weighted by Crippen LogP contribution is 2.68. The van der Waals surface area contributed by atoms with Crippen LogP contribution in [0, 0.1) is 11.3 Å². The van der Waals surface area contributed by atoms with Gasteiger partial charge in [-0.2, -0.15) is 0 Å². The van der Waals surface area contributed by atoms with Crippen LogP contribution in [-0.4, -0.2) is 126 Å². The molecule has 6 heterocycles. The molecule has 1 spiro atoms. The summed E-state index contributed by atoms with van der Waals surface area (Å²) in [6.45, 7) is 8.60. The molecule has 1 saturated carbocycles. The van der Waals surface area contributed by atoms with Gasteiger partial charge in [-0.05, 0) is 74.2 Å². The van der Waals surface area contributed by atoms with E-state index < -0.39 is 57.4 Å². The maximum absolute atomic E-state index is 15.0. The molecule has 2 aromatic carbocycles. The van der Waals surface area contributed by atoms with Crippen LogP contribution in [0.1, 0.15) is 75.3 Å². The van der Waals surface area contributed by atoms with Crippen LogP contribution >= 0.6 is 0 Å². The smallest absolute Gasteiger partial charge is 0.344 e. The van der Waals surface area contributed by atoms with Crippen molar-refractivity contribution in [1.29, 1.82) is 0 Å². The van der Waals surface area contributed by atoms with Gasteiger partial charge in [0.25, 0.3) is 0 Å². The number of primary amides is 1. The molecule has 2 unspecified atom stereocenters. The van der Waals surface area contributed by atoms with Crippen LogP contribution in [0.4, 0.5) is 5.69 Å². The number of fused-ring (bicyclic) bond motifs is 6. The number of likely N-dealkylation sites (N-methyl/N-ethyl adjacent to an activating group) is 1. The highest BCUT2D eigenvalue weighted by molar-refractivity contribution is 5.96. The number of para-hydroxylation sites is 1. The number of esters is 2. The number of nitrogens with two attached hydrogens (primary N) is 1. The van der Waals surface area contributed by atoms with Crippen molar-refractivity contribution in [1.82, 2.24) is 14.8 Å². The van der Waals surface area contributed by atoms with Crippen LogP contribution in [-0.2, 0) is 41.1 Å². The number of nitrogens with one attached hydrogen (secondary N) is 1. The van der Waals surface area contributed by atoms with Gasteiger partial charge >= 0.3 is 11.9 Å². The van der Waals surface area contributed by atoms with Gasteiger partial charge in [0.05, 0.1) is 25.9 Å². The van der Waals surface area contributed by atoms with E-state index in [1.165, 1.54) is 14.0 Å². The predicted molar refractivity (Wildman–Crippen MR) is 218 cm³/mol. The summed E-state index contributed by atoms with van der Waals surface area (Å²) in [6, 6.07) is 10.9. The molecule has 58 heavy (non-hydrogen) atoms. The average molecular weight is 796 g/mol. The first-order valence-electron chi connectivity index (χ1n) is 20.9. The van der Waals surface area contributed by atoms with Crippen molar-refractivity contribution in [2.45, 2.75) is 99.5 Å². The van der Waals surface area contributed by atoms with Crippen molar-refractivity contribution < 1.29 is 38.8 Å². The topological polar surface area (TPSA) is 171 Å². The average Bonchev–Trinajstić information content (AvgIpc) is 3.87. The number of amides is 1. The van der Waals surface area contributed by atoms with Gasteiger partial charge < -0.3 is 40.0 Å². The number of piperidine rings is 1. The Balaban J connectivity index is 1.35. The number of anilines is 1. The zero-order valence-electron chi connectivity index (χ0n) is 34.5. The third-order valence-electron chi connectivity index (χ3n) is 15.5. The second-order valence-corrected chi connectivity index (χ2v) is 18.1. The van der Waals surface area contributed by atoms with Crippen molar-refractivity contribution in [3.8, 4) is 5.75 Å². The fraction of sp³-hybridized carbons (Fsp3) is 0.578. The number of H-pyrrole nitrogens is 1. The molecule has 0 radical (unpaired) electrons. The summed E-state index contributed by atoms with van der Waals surface area (Å²) >= 11 is 0. The molecular formula is C45H57N5O8. The third kappa shape index (κ3) is 4.93. The fourth-order valence-corrected chi connectivity index (χ4v) is 13.4. The monoisotopic (exact) mass is 795 g/mol. The molecule has 5 aliphatic heterocycles. The van der Waals surface area contributed by atoms with E-state index in [0.717, 1.165) is 33.4 Å². The molecule has 1 aliphatic carbocycles. The normalized spacial score (nSPS) is 37.4. The summed E-state index contributed by atoms with van der Waals surface area (Å²) in [5, 5.41) is 26.2. The van der Waals surface area contributed by atoms with E-state index in [9.17, 15) is 24.6 Å². The fourth-order valence-electron chi connectivity index (χ4n) is 13.4. The number of carbonyl (C=O) groups is 3. The van der Waals surface area contributed by atoms with Crippen molar-refractivity contribution >= 4 is 34.4 Å². The van der Waals surface area contributed by atoms with Gasteiger partial charge in [-0.15, -0.1) is 0 Å². The molecule has 13 nitrogen and oxygen atoms in total. The number of benzene rings is 2. The third-order valence-corrected chi connectivity index (χ3v) is 15.5. The molecule has 3 aromatic rings. The summed E-state index contributed by atoms with van der Waals surface area (Å²) in [7, 11) is 4.70. The first-order chi connectivity index (χ1) is 27.7. The number of carbonyl (C=O) groups excluding carboxylic acids is 3. The van der Waals surface area contributed by atoms with E-state index in [4.69, 9.17) is 19.9 Å². The van der Waals surface area contributed by atoms with Gasteiger partial charge in [-0.3, -0.25) is 19.4 Å². The van der Waals surface area contributed by atoms with Crippen molar-refractivity contribution in [3.63, 3.8) is 0 Å². The quantitative estimate of drug-likeness (QED) is 0.205. The highest BCUT2D eigenvalue weighted by atomic mass is 16.6. The van der Waals surface area contributed by atoms with Crippen molar-refractivity contribution in [2.24, 2.45) is 17.1 Å². The maximum atomic E-state index is 15.0. The minimum atomic E-state index is -2.30. The number of hydrogen-bond donors (Lipinski definition) is 4. The van der Waals surface area contributed by atoms with Crippen LogP contribution in [0.25, 0.3) is 10.9 Å². The molecule has 3 fully saturated rings. The van der Waals surface area contributed by atoms with Crippen LogP contribution in [0.15, 0.2) is 48.6 Å². The summed E-state index contributed by atoms with van der Waals surface area (Å²) in [5.41, 5.74) is 5.17. The lowest BCUT2D eigenvalue weighted by Gasteiger charge is -2.63. The summed E-state index contributed by atoms with van der Waals surface area (Å²) in [4.78, 5) is 52.7. The van der Waals surface area contributed by atoms with Crippen LogP contribution < -0.4 is 15.4 Å². The molecular weight excluding hydrogens is 739 g/mol. The SMILES string of the molecule is CC[C@]1(O)C[C@@H]2CN(CCc3c([nH]c4ccccc34)[C@@](C(N)=O)(c3cc4c(cc3OC)N(C)C3[C@]45CCN4CC=C[C@@](CC)([C@@H](OC(C)=O)[C@]3(O)C(=O)OC)[C@H]45)C2)C1. The van der Waals surface area contributed by atoms with Gasteiger partial charge in [0.2, 0.25) is 11.5 Å². The molecule has 310 valence electrons. The van der Waals surface area contributed by atoms with Gasteiger partial charge in [0, 0.05) is 90.9 Å². The Morgan fingerprint density at radius 3 is 2.48 bits per heavy atom. The van der Waals surface area contributed by atoms with Gasteiger partial charge in [0.15, 0.2) is 6.10 Å². The van der Waals surface area contributed by atoms with Crippen LogP contribution in [0.2, 0.25) is 0 Å². The Morgan fingerprint density at radius 1 is 1.02 bits per heavy atom. The van der Waals surface area contributed by atoms with Crippen molar-refractivity contribution in [3.05, 3.63) is 70.9 Å². The Hall–Kier alpha value is -4.43. The standard InChI is InChI=1S/C45H57N5O8/c1-7-41(54)22-27-23-44(39(46)52,35-29(14-18-49(24-27)25-41)28-12-9-10-13-32(28)47-35)31-20-30-33(21-34(31)56-5)48(4)37-43(30)16-19-50-17-11-15-42(8-2,36(43)50)38(58-26(3)51)45(37,55)40(53)57-6/h9-13,15,20-21,27,36-38,47,54-55H,7-8,14,16-19,22-25H2,1-6H3,(H2,46,52)/t27-,36-,37?,38+,41-,42+,43+,44-,45-/m0/s1. The number of aromatic amines is 1. The van der Waals surface area contributed by atoms with Crippen LogP contribution in [0.5, 0.6) is 5.75 Å². The molecule has 6 aliphatic rings. The lowest BCUT2D eigenvalue weighted by Crippen LogP contribution is -2.81. The Kier molecular flexibility index (Phi) is 8.95. The number of hydrogen-bond acceptors (Lipinski definition) is 11. The van der Waals surface area contributed by atoms with E-state index >= 15 is 0 Å². The zero-order valence-corrected chi connectivity index (χ0v) is 34.5. The Labute approximate surface area is 339 Å². The first kappa shape index (κ1) is 39.1. The van der Waals surface area contributed by atoms with E-state index in [2.05, 4.69) is 33.0 Å². The summed E-state index contributed by atoms with van der Waals surface area (Å²) < 4.78 is 17.9. The zero-order chi connectivity index (χ0) is 41.2. The molecule has 13 heteroatoms. The molecule has 10 atom stereocenters. The highest BCUT2D eigenvalue weighted by Gasteiger charge is 2.80. The largest absolute Gasteiger partial charge is 0.496 e. The van der Waals surface area contributed by atoms with E-state index in [-0.39, 0.29) is 12.0 Å². The molecule has 9 rings (SSSR count). The second-order valence-electron chi connectivity index (χ2n) is 18.1. The lowest BCUT2D eigenvalue weighted by molar-refractivity contribution is -0.228. The lowest BCUT2D eigenvalue weighted by atomic mass is 9.47. The summed E-state index contributed by atoms with van der Waals surface area (Å²) in [6.07, 6.45) is 5.91. The molecule has 1 amide bonds. The van der Waals surface area contributed by atoms with E-state index in [1.807, 2.05) is 56.1 Å². The number of rotatable bonds is 7. The number of aromatic nitrogens is 1. The number of aliphatic hydroxyl groups is 2. The Morgan fingerprint density at radius 2 is 1.79 bits per heavy atom. The molecule has 5 N–H and O–H groups in total. The second kappa shape index (κ2) is 13.3. The number of methoxy groups -OCH3 is 2. The first-order valence-corrected chi connectivity index (χ1v) is 20.9. The molecule has 2 bridgehead atoms. The van der Waals surface area contributed by atoms with Gasteiger partial charge in [-0.1, -0.05) is 44.2 Å². The molecule has 1 aromatic heterocycles. The number of nitrogens with zero attached hydrogens (tertiary/aromatic N) is 3. The van der Waals surface area contributed by atoms with E-state index in [0.29, 0.717) is 82.6 Å². The van der Waals surface area contributed by atoms with E-state index in [1.54, 1.807) is 7.11 Å².